The van der Waals surface area contributed by atoms with Gasteiger partial charge in [0, 0.05) is 18.3 Å². The van der Waals surface area contributed by atoms with Gasteiger partial charge in [-0.1, -0.05) is 6.07 Å². The zero-order valence-electron chi connectivity index (χ0n) is 15.9. The number of nitrogens with zero attached hydrogens (tertiary/aromatic N) is 3. The number of esters is 1. The summed E-state index contributed by atoms with van der Waals surface area (Å²) in [6, 6.07) is 6.96. The van der Waals surface area contributed by atoms with Gasteiger partial charge in [0.1, 0.15) is 17.8 Å². The maximum atomic E-state index is 12.5. The van der Waals surface area contributed by atoms with Gasteiger partial charge >= 0.3 is 5.97 Å². The molecule has 0 fully saturated rings. The molecule has 0 aliphatic rings. The number of nitro benzene ring substituents is 1. The average Bonchev–Trinajstić information content (AvgIpc) is 2.71. The third-order valence-electron chi connectivity index (χ3n) is 4.13. The number of methoxy groups -OCH3 is 2. The van der Waals surface area contributed by atoms with Gasteiger partial charge in [0.05, 0.1) is 30.9 Å². The van der Waals surface area contributed by atoms with Gasteiger partial charge in [-0.25, -0.2) is 9.78 Å². The lowest BCUT2D eigenvalue weighted by Crippen LogP contribution is -2.17. The molecule has 0 radical (unpaired) electrons. The number of ether oxygens (including phenoxy) is 3. The molecule has 2 aromatic heterocycles. The van der Waals surface area contributed by atoms with Crippen molar-refractivity contribution < 1.29 is 23.9 Å². The molecule has 0 saturated heterocycles. The minimum Gasteiger partial charge on any atom is -0.493 e. The highest BCUT2D eigenvalue weighted by atomic mass is 16.6. The lowest BCUT2D eigenvalue weighted by Gasteiger charge is -2.10. The Morgan fingerprint density at radius 3 is 2.52 bits per heavy atom. The molecule has 0 aliphatic heterocycles. The highest BCUT2D eigenvalue weighted by Gasteiger charge is 2.26. The lowest BCUT2D eigenvalue weighted by atomic mass is 10.1. The van der Waals surface area contributed by atoms with Gasteiger partial charge in [0.15, 0.2) is 11.5 Å². The van der Waals surface area contributed by atoms with Crippen molar-refractivity contribution in [3.63, 3.8) is 0 Å². The van der Waals surface area contributed by atoms with E-state index in [2.05, 4.69) is 4.98 Å². The number of aryl methyl sites for hydroxylation is 1. The van der Waals surface area contributed by atoms with Crippen molar-refractivity contribution in [1.82, 2.24) is 9.38 Å². The first-order valence-corrected chi connectivity index (χ1v) is 8.40. The van der Waals surface area contributed by atoms with Crippen LogP contribution < -0.4 is 15.0 Å². The van der Waals surface area contributed by atoms with E-state index in [4.69, 9.17) is 14.2 Å². The Kier molecular flexibility index (Phi) is 5.44. The molecule has 3 aromatic rings. The Morgan fingerprint density at radius 1 is 1.17 bits per heavy atom. The van der Waals surface area contributed by atoms with Crippen LogP contribution >= 0.6 is 0 Å². The fourth-order valence-electron chi connectivity index (χ4n) is 2.73. The second-order valence-corrected chi connectivity index (χ2v) is 6.08. The van der Waals surface area contributed by atoms with Gasteiger partial charge in [-0.05, 0) is 18.6 Å². The van der Waals surface area contributed by atoms with E-state index in [-0.39, 0.29) is 34.9 Å². The number of carbonyl (C=O) groups excluding carboxylic acids is 1. The number of hydrogen-bond acceptors (Lipinski definition) is 8. The fourth-order valence-corrected chi connectivity index (χ4v) is 2.73. The molecule has 10 nitrogen and oxygen atoms in total. The molecule has 0 bridgehead atoms. The number of aromatic nitrogens is 2. The second-order valence-electron chi connectivity index (χ2n) is 6.08. The number of fused-ring (bicyclic) bond motifs is 1. The zero-order valence-corrected chi connectivity index (χ0v) is 15.9. The van der Waals surface area contributed by atoms with E-state index in [9.17, 15) is 19.7 Å². The van der Waals surface area contributed by atoms with E-state index in [1.54, 1.807) is 18.3 Å². The highest BCUT2D eigenvalue weighted by molar-refractivity contribution is 5.95. The Hall–Kier alpha value is -3.95. The van der Waals surface area contributed by atoms with E-state index in [0.29, 0.717) is 5.65 Å². The molecule has 29 heavy (non-hydrogen) atoms. The summed E-state index contributed by atoms with van der Waals surface area (Å²) in [6.45, 7) is 1.52. The molecule has 0 aliphatic carbocycles. The average molecular weight is 399 g/mol. The quantitative estimate of drug-likeness (QED) is 0.351. The smallest absolute Gasteiger partial charge is 0.345 e. The molecule has 0 saturated carbocycles. The van der Waals surface area contributed by atoms with Crippen LogP contribution in [0.4, 0.5) is 5.69 Å². The van der Waals surface area contributed by atoms with E-state index < -0.39 is 16.6 Å². The standard InChI is InChI=1S/C19H17N3O7/c1-11-4-5-17-20-12(6-18(23)21(17)9-11)10-29-19(24)13-7-15(27-2)16(28-3)8-14(13)22(25)26/h4-9H,10H2,1-3H3. The maximum Gasteiger partial charge on any atom is 0.345 e. The van der Waals surface area contributed by atoms with Gasteiger partial charge in [0.25, 0.3) is 11.2 Å². The first-order chi connectivity index (χ1) is 13.8. The Balaban J connectivity index is 1.89. The summed E-state index contributed by atoms with van der Waals surface area (Å²) in [6.07, 6.45) is 1.65. The monoisotopic (exact) mass is 399 g/mol. The molecule has 3 rings (SSSR count). The van der Waals surface area contributed by atoms with Crippen molar-refractivity contribution in [3.05, 3.63) is 73.8 Å². The Morgan fingerprint density at radius 2 is 1.86 bits per heavy atom. The van der Waals surface area contributed by atoms with E-state index in [1.165, 1.54) is 30.8 Å². The number of nitro groups is 1. The molecule has 0 spiro atoms. The minimum absolute atomic E-state index is 0.107. The van der Waals surface area contributed by atoms with E-state index in [0.717, 1.165) is 11.6 Å². The molecule has 0 amide bonds. The van der Waals surface area contributed by atoms with Crippen molar-refractivity contribution in [3.8, 4) is 11.5 Å². The van der Waals surface area contributed by atoms with Crippen molar-refractivity contribution in [2.75, 3.05) is 14.2 Å². The van der Waals surface area contributed by atoms with Gasteiger partial charge in [-0.2, -0.15) is 0 Å². The third kappa shape index (κ3) is 4.00. The van der Waals surface area contributed by atoms with Crippen molar-refractivity contribution >= 4 is 17.3 Å². The van der Waals surface area contributed by atoms with Crippen LogP contribution in [-0.4, -0.2) is 34.5 Å². The van der Waals surface area contributed by atoms with E-state index in [1.807, 2.05) is 6.92 Å². The summed E-state index contributed by atoms with van der Waals surface area (Å²) in [5.74, 6) is -0.707. The topological polar surface area (TPSA) is 122 Å². The molecular weight excluding hydrogens is 382 g/mol. The number of benzene rings is 1. The molecule has 2 heterocycles. The summed E-state index contributed by atoms with van der Waals surface area (Å²) in [7, 11) is 2.66. The van der Waals surface area contributed by atoms with Crippen molar-refractivity contribution in [2.24, 2.45) is 0 Å². The summed E-state index contributed by atoms with van der Waals surface area (Å²) in [4.78, 5) is 39.6. The normalized spacial score (nSPS) is 10.6. The summed E-state index contributed by atoms with van der Waals surface area (Å²) in [5.41, 5.74) is 0.375. The summed E-state index contributed by atoms with van der Waals surface area (Å²) >= 11 is 0. The van der Waals surface area contributed by atoms with Gasteiger partial charge in [-0.15, -0.1) is 0 Å². The van der Waals surface area contributed by atoms with E-state index >= 15 is 0 Å². The van der Waals surface area contributed by atoms with Crippen LogP contribution in [0.2, 0.25) is 0 Å². The molecule has 10 heteroatoms. The maximum absolute atomic E-state index is 12.5. The number of hydrogen-bond donors (Lipinski definition) is 0. The highest BCUT2D eigenvalue weighted by Crippen LogP contribution is 2.34. The Labute approximate surface area is 164 Å². The van der Waals surface area contributed by atoms with Crippen LogP contribution in [0.15, 0.2) is 41.3 Å². The first kappa shape index (κ1) is 19.8. The summed E-state index contributed by atoms with van der Waals surface area (Å²) < 4.78 is 16.6. The molecule has 150 valence electrons. The number of rotatable bonds is 6. The molecule has 0 N–H and O–H groups in total. The van der Waals surface area contributed by atoms with Gasteiger partial charge in [0.2, 0.25) is 0 Å². The van der Waals surface area contributed by atoms with Crippen molar-refractivity contribution in [2.45, 2.75) is 13.5 Å². The molecular formula is C19H17N3O7. The zero-order chi connectivity index (χ0) is 21.1. The molecule has 1 aromatic carbocycles. The Bertz CT molecular complexity index is 1170. The first-order valence-electron chi connectivity index (χ1n) is 8.40. The van der Waals surface area contributed by atoms with Crippen LogP contribution in [0.5, 0.6) is 11.5 Å². The van der Waals surface area contributed by atoms with Crippen LogP contribution in [-0.2, 0) is 11.3 Å². The van der Waals surface area contributed by atoms with Crippen LogP contribution in [0, 0.1) is 17.0 Å². The second kappa shape index (κ2) is 7.97. The van der Waals surface area contributed by atoms with Gasteiger partial charge < -0.3 is 14.2 Å². The van der Waals surface area contributed by atoms with Crippen LogP contribution in [0.25, 0.3) is 5.65 Å². The largest absolute Gasteiger partial charge is 0.493 e. The SMILES string of the molecule is COc1cc(C(=O)OCc2cc(=O)n3cc(C)ccc3n2)c([N+](=O)[O-])cc1OC. The van der Waals surface area contributed by atoms with Gasteiger partial charge in [-0.3, -0.25) is 19.3 Å². The predicted octanol–water partition coefficient (Wildman–Crippen LogP) is 2.29. The molecule has 0 unspecified atom stereocenters. The third-order valence-corrected chi connectivity index (χ3v) is 4.13. The lowest BCUT2D eigenvalue weighted by molar-refractivity contribution is -0.385. The number of pyridine rings is 1. The predicted molar refractivity (Wildman–Crippen MR) is 102 cm³/mol. The van der Waals surface area contributed by atoms with Crippen LogP contribution in [0.3, 0.4) is 0 Å². The molecule has 0 atom stereocenters. The fraction of sp³-hybridized carbons (Fsp3) is 0.211. The van der Waals surface area contributed by atoms with Crippen LogP contribution in [0.1, 0.15) is 21.6 Å². The summed E-state index contributed by atoms with van der Waals surface area (Å²) in [5, 5.41) is 11.3. The number of carbonyl (C=O) groups is 1. The van der Waals surface area contributed by atoms with Crippen molar-refractivity contribution in [1.29, 1.82) is 0 Å². The minimum atomic E-state index is -0.955.